The molecule has 0 aromatic carbocycles. The largest absolute Gasteiger partial charge is 0.373 e. The molecule has 0 saturated carbocycles. The Morgan fingerprint density at radius 1 is 1.62 bits per heavy atom. The molecule has 1 fully saturated rings. The molecule has 2 heterocycles. The molecule has 0 spiro atoms. The molecule has 0 amide bonds. The van der Waals surface area contributed by atoms with Gasteiger partial charge in [0, 0.05) is 25.8 Å². The van der Waals surface area contributed by atoms with Gasteiger partial charge in [0.15, 0.2) is 0 Å². The van der Waals surface area contributed by atoms with Crippen LogP contribution in [0.3, 0.4) is 0 Å². The van der Waals surface area contributed by atoms with Crippen LogP contribution in [0, 0.1) is 6.92 Å². The number of pyridine rings is 1. The van der Waals surface area contributed by atoms with Crippen LogP contribution in [0.1, 0.15) is 5.56 Å². The Morgan fingerprint density at radius 3 is 3.25 bits per heavy atom. The van der Waals surface area contributed by atoms with Crippen LogP contribution < -0.4 is 10.2 Å². The van der Waals surface area contributed by atoms with E-state index in [9.17, 15) is 0 Å². The molecule has 1 N–H and O–H groups in total. The minimum Gasteiger partial charge on any atom is -0.373 e. The number of anilines is 1. The van der Waals surface area contributed by atoms with Crippen molar-refractivity contribution in [3.63, 3.8) is 0 Å². The van der Waals surface area contributed by atoms with Gasteiger partial charge in [0.25, 0.3) is 0 Å². The van der Waals surface area contributed by atoms with E-state index in [1.165, 1.54) is 5.56 Å². The second-order valence-corrected chi connectivity index (χ2v) is 4.19. The summed E-state index contributed by atoms with van der Waals surface area (Å²) in [5, 5.41) is 3.15. The normalized spacial score (nSPS) is 21.1. The zero-order chi connectivity index (χ0) is 11.4. The molecule has 1 unspecified atom stereocenters. The summed E-state index contributed by atoms with van der Waals surface area (Å²) in [7, 11) is 1.95. The maximum atomic E-state index is 5.67. The van der Waals surface area contributed by atoms with Crippen molar-refractivity contribution in [2.24, 2.45) is 0 Å². The lowest BCUT2D eigenvalue weighted by atomic mass is 10.2. The first-order valence-corrected chi connectivity index (χ1v) is 5.73. The van der Waals surface area contributed by atoms with Crippen molar-refractivity contribution in [2.75, 3.05) is 38.2 Å². The Balaban J connectivity index is 2.03. The molecule has 2 rings (SSSR count). The smallest absolute Gasteiger partial charge is 0.128 e. The molecule has 1 aliphatic rings. The molecule has 0 bridgehead atoms. The molecule has 4 nitrogen and oxygen atoms in total. The number of nitrogens with one attached hydrogen (secondary N) is 1. The molecule has 16 heavy (non-hydrogen) atoms. The topological polar surface area (TPSA) is 37.4 Å². The average Bonchev–Trinajstić information content (AvgIpc) is 2.30. The van der Waals surface area contributed by atoms with E-state index in [4.69, 9.17) is 4.74 Å². The van der Waals surface area contributed by atoms with Gasteiger partial charge in [0.1, 0.15) is 5.82 Å². The third-order valence-electron chi connectivity index (χ3n) is 2.80. The molecular formula is C12H19N3O. The van der Waals surface area contributed by atoms with E-state index in [2.05, 4.69) is 28.2 Å². The number of ether oxygens (including phenoxy) is 1. The molecule has 4 heteroatoms. The number of aryl methyl sites for hydroxylation is 1. The molecule has 0 radical (unpaired) electrons. The highest BCUT2D eigenvalue weighted by molar-refractivity contribution is 5.41. The first-order chi connectivity index (χ1) is 7.79. The maximum Gasteiger partial charge on any atom is 0.128 e. The number of rotatable bonds is 3. The number of hydrogen-bond acceptors (Lipinski definition) is 4. The van der Waals surface area contributed by atoms with Crippen LogP contribution in [0.2, 0.25) is 0 Å². The molecule has 1 aromatic rings. The summed E-state index contributed by atoms with van der Waals surface area (Å²) in [5.41, 5.74) is 1.25. The van der Waals surface area contributed by atoms with E-state index in [1.807, 2.05) is 19.3 Å². The van der Waals surface area contributed by atoms with Gasteiger partial charge in [0.05, 0.1) is 12.7 Å². The summed E-state index contributed by atoms with van der Waals surface area (Å²) < 4.78 is 5.67. The summed E-state index contributed by atoms with van der Waals surface area (Å²) in [6.07, 6.45) is 2.13. The van der Waals surface area contributed by atoms with Crippen molar-refractivity contribution in [1.29, 1.82) is 0 Å². The quantitative estimate of drug-likeness (QED) is 0.820. The van der Waals surface area contributed by atoms with Crippen LogP contribution in [0.25, 0.3) is 0 Å². The number of morpholine rings is 1. The van der Waals surface area contributed by atoms with Crippen molar-refractivity contribution in [2.45, 2.75) is 13.0 Å². The Morgan fingerprint density at radius 2 is 2.50 bits per heavy atom. The fourth-order valence-corrected chi connectivity index (χ4v) is 1.97. The van der Waals surface area contributed by atoms with E-state index in [0.717, 1.165) is 32.1 Å². The molecule has 1 aliphatic heterocycles. The average molecular weight is 221 g/mol. The minimum atomic E-state index is 0.265. The highest BCUT2D eigenvalue weighted by Gasteiger charge is 2.20. The summed E-state index contributed by atoms with van der Waals surface area (Å²) >= 11 is 0. The SMILES string of the molecule is CNCC1CN(c2cc(C)ccn2)CCO1. The van der Waals surface area contributed by atoms with Gasteiger partial charge in [-0.15, -0.1) is 0 Å². The summed E-state index contributed by atoms with van der Waals surface area (Å²) in [5.74, 6) is 1.06. The van der Waals surface area contributed by atoms with Crippen LogP contribution in [0.5, 0.6) is 0 Å². The number of aromatic nitrogens is 1. The molecule has 1 aromatic heterocycles. The van der Waals surface area contributed by atoms with E-state index < -0.39 is 0 Å². The van der Waals surface area contributed by atoms with Gasteiger partial charge < -0.3 is 15.0 Å². The Hall–Kier alpha value is -1.13. The monoisotopic (exact) mass is 221 g/mol. The van der Waals surface area contributed by atoms with Gasteiger partial charge in [-0.3, -0.25) is 0 Å². The van der Waals surface area contributed by atoms with Crippen LogP contribution in [-0.2, 0) is 4.74 Å². The van der Waals surface area contributed by atoms with Crippen LogP contribution in [0.4, 0.5) is 5.82 Å². The molecule has 88 valence electrons. The van der Waals surface area contributed by atoms with Gasteiger partial charge in [0.2, 0.25) is 0 Å². The van der Waals surface area contributed by atoms with E-state index in [0.29, 0.717) is 0 Å². The second kappa shape index (κ2) is 5.27. The Labute approximate surface area is 96.6 Å². The predicted octanol–water partition coefficient (Wildman–Crippen LogP) is 0.815. The molecule has 0 aliphatic carbocycles. The van der Waals surface area contributed by atoms with E-state index in [1.54, 1.807) is 0 Å². The minimum absolute atomic E-state index is 0.265. The third-order valence-corrected chi connectivity index (χ3v) is 2.80. The van der Waals surface area contributed by atoms with E-state index in [-0.39, 0.29) is 6.10 Å². The van der Waals surface area contributed by atoms with Crippen molar-refractivity contribution in [3.05, 3.63) is 23.9 Å². The van der Waals surface area contributed by atoms with Crippen molar-refractivity contribution in [3.8, 4) is 0 Å². The maximum absolute atomic E-state index is 5.67. The Kier molecular flexibility index (Phi) is 3.74. The van der Waals surface area contributed by atoms with Crippen molar-refractivity contribution < 1.29 is 4.74 Å². The summed E-state index contributed by atoms with van der Waals surface area (Å²) in [6, 6.07) is 4.15. The van der Waals surface area contributed by atoms with Crippen LogP contribution in [-0.4, -0.2) is 44.4 Å². The molecule has 1 saturated heterocycles. The van der Waals surface area contributed by atoms with E-state index >= 15 is 0 Å². The summed E-state index contributed by atoms with van der Waals surface area (Å²) in [4.78, 5) is 6.70. The van der Waals surface area contributed by atoms with Gasteiger partial charge in [-0.25, -0.2) is 4.98 Å². The number of hydrogen-bond donors (Lipinski definition) is 1. The van der Waals surface area contributed by atoms with Crippen molar-refractivity contribution in [1.82, 2.24) is 10.3 Å². The molecular weight excluding hydrogens is 202 g/mol. The zero-order valence-electron chi connectivity index (χ0n) is 9.94. The highest BCUT2D eigenvalue weighted by Crippen LogP contribution is 2.15. The first kappa shape index (κ1) is 11.4. The fraction of sp³-hybridized carbons (Fsp3) is 0.583. The first-order valence-electron chi connectivity index (χ1n) is 5.73. The Bertz CT molecular complexity index is 341. The van der Waals surface area contributed by atoms with Gasteiger partial charge in [-0.1, -0.05) is 0 Å². The van der Waals surface area contributed by atoms with Crippen LogP contribution in [0.15, 0.2) is 18.3 Å². The van der Waals surface area contributed by atoms with Gasteiger partial charge >= 0.3 is 0 Å². The lowest BCUT2D eigenvalue weighted by molar-refractivity contribution is 0.0419. The highest BCUT2D eigenvalue weighted by atomic mass is 16.5. The predicted molar refractivity (Wildman–Crippen MR) is 64.9 cm³/mol. The summed E-state index contributed by atoms with van der Waals surface area (Å²) in [6.45, 7) is 5.61. The number of likely N-dealkylation sites (N-methyl/N-ethyl adjacent to an activating group) is 1. The lowest BCUT2D eigenvalue weighted by Crippen LogP contribution is -2.46. The fourth-order valence-electron chi connectivity index (χ4n) is 1.97. The van der Waals surface area contributed by atoms with Crippen molar-refractivity contribution >= 4 is 5.82 Å². The van der Waals surface area contributed by atoms with Crippen LogP contribution >= 0.6 is 0 Å². The molecule has 1 atom stereocenters. The number of nitrogens with zero attached hydrogens (tertiary/aromatic N) is 2. The second-order valence-electron chi connectivity index (χ2n) is 4.19. The lowest BCUT2D eigenvalue weighted by Gasteiger charge is -2.33. The standard InChI is InChI=1S/C12H19N3O/c1-10-3-4-14-12(7-10)15-5-6-16-11(9-15)8-13-2/h3-4,7,11,13H,5-6,8-9H2,1-2H3. The van der Waals surface area contributed by atoms with Gasteiger partial charge in [-0.2, -0.15) is 0 Å². The van der Waals surface area contributed by atoms with Gasteiger partial charge in [-0.05, 0) is 31.7 Å². The zero-order valence-corrected chi connectivity index (χ0v) is 9.94. The third kappa shape index (κ3) is 2.71.